The van der Waals surface area contributed by atoms with E-state index < -0.39 is 0 Å². The molecule has 2 N–H and O–H groups in total. The lowest BCUT2D eigenvalue weighted by Gasteiger charge is -2.07. The number of oxazole rings is 1. The van der Waals surface area contributed by atoms with Crippen molar-refractivity contribution in [2.24, 2.45) is 5.73 Å². The molecule has 0 bridgehead atoms. The van der Waals surface area contributed by atoms with Gasteiger partial charge in [-0.25, -0.2) is 9.97 Å². The molecule has 0 atom stereocenters. The van der Waals surface area contributed by atoms with E-state index in [9.17, 15) is 0 Å². The zero-order chi connectivity index (χ0) is 12.5. The van der Waals surface area contributed by atoms with Gasteiger partial charge in [-0.3, -0.25) is 0 Å². The van der Waals surface area contributed by atoms with Gasteiger partial charge in [0.05, 0.1) is 5.69 Å². The molecule has 0 aliphatic heterocycles. The highest BCUT2D eigenvalue weighted by Gasteiger charge is 2.17. The van der Waals surface area contributed by atoms with E-state index in [0.717, 1.165) is 29.1 Å². The predicted octanol–water partition coefficient (Wildman–Crippen LogP) is 2.48. The van der Waals surface area contributed by atoms with Crippen LogP contribution in [-0.4, -0.2) is 9.97 Å². The second-order valence-electron chi connectivity index (χ2n) is 4.47. The van der Waals surface area contributed by atoms with E-state index in [2.05, 4.69) is 11.1 Å². The van der Waals surface area contributed by atoms with Crippen LogP contribution in [0.3, 0.4) is 0 Å². The zero-order valence-electron chi connectivity index (χ0n) is 10.3. The molecule has 0 saturated heterocycles. The third-order valence-corrected chi connectivity index (χ3v) is 4.00. The summed E-state index contributed by atoms with van der Waals surface area (Å²) in [4.78, 5) is 9.00. The van der Waals surface area contributed by atoms with Crippen LogP contribution in [0.2, 0.25) is 0 Å². The fraction of sp³-hybridized carbons (Fsp3) is 0.385. The van der Waals surface area contributed by atoms with Crippen molar-refractivity contribution in [1.29, 1.82) is 0 Å². The second kappa shape index (κ2) is 4.74. The van der Waals surface area contributed by atoms with E-state index in [1.165, 1.54) is 29.4 Å². The van der Waals surface area contributed by atoms with Gasteiger partial charge in [0, 0.05) is 12.2 Å². The van der Waals surface area contributed by atoms with Crippen molar-refractivity contribution in [3.05, 3.63) is 34.8 Å². The van der Waals surface area contributed by atoms with Crippen LogP contribution >= 0.6 is 11.8 Å². The van der Waals surface area contributed by atoms with Gasteiger partial charge < -0.3 is 10.2 Å². The topological polar surface area (TPSA) is 64.9 Å². The summed E-state index contributed by atoms with van der Waals surface area (Å²) in [7, 11) is 0. The first-order chi connectivity index (χ1) is 8.76. The van der Waals surface area contributed by atoms with Gasteiger partial charge in [-0.05, 0) is 49.1 Å². The molecule has 1 aliphatic rings. The maximum absolute atomic E-state index is 5.80. The fourth-order valence-electron chi connectivity index (χ4n) is 2.20. The van der Waals surface area contributed by atoms with Gasteiger partial charge >= 0.3 is 0 Å². The Balaban J connectivity index is 1.95. The lowest BCUT2D eigenvalue weighted by Crippen LogP contribution is -2.03. The van der Waals surface area contributed by atoms with Crippen LogP contribution in [0.1, 0.15) is 28.9 Å². The molecule has 0 saturated carbocycles. The Morgan fingerprint density at radius 2 is 2.28 bits per heavy atom. The third kappa shape index (κ3) is 2.15. The van der Waals surface area contributed by atoms with E-state index in [-0.39, 0.29) is 0 Å². The van der Waals surface area contributed by atoms with E-state index >= 15 is 0 Å². The Hall–Kier alpha value is -1.33. The summed E-state index contributed by atoms with van der Waals surface area (Å²) in [6.45, 7) is 2.41. The molecule has 4 nitrogen and oxygen atoms in total. The molecule has 3 rings (SSSR count). The van der Waals surface area contributed by atoms with Gasteiger partial charge in [-0.1, -0.05) is 6.07 Å². The van der Waals surface area contributed by atoms with Crippen molar-refractivity contribution < 1.29 is 4.42 Å². The van der Waals surface area contributed by atoms with Crippen molar-refractivity contribution in [2.45, 2.75) is 43.0 Å². The van der Waals surface area contributed by atoms with Crippen LogP contribution in [0.25, 0.3) is 0 Å². The molecular formula is C13H15N3OS. The van der Waals surface area contributed by atoms with Crippen LogP contribution in [0.5, 0.6) is 0 Å². The van der Waals surface area contributed by atoms with E-state index in [4.69, 9.17) is 15.1 Å². The number of rotatable bonds is 3. The monoisotopic (exact) mass is 261 g/mol. The van der Waals surface area contributed by atoms with Crippen LogP contribution in [-0.2, 0) is 19.4 Å². The number of nitrogens with two attached hydrogens (primary N) is 1. The van der Waals surface area contributed by atoms with Crippen LogP contribution < -0.4 is 5.73 Å². The molecule has 2 heterocycles. The first-order valence-corrected chi connectivity index (χ1v) is 6.89. The smallest absolute Gasteiger partial charge is 0.262 e. The molecule has 18 heavy (non-hydrogen) atoms. The average Bonchev–Trinajstić information content (AvgIpc) is 2.97. The lowest BCUT2D eigenvalue weighted by atomic mass is 10.1. The van der Waals surface area contributed by atoms with E-state index in [1.54, 1.807) is 6.26 Å². The SMILES string of the molecule is Cc1coc(Sc2nc3c(cc2CN)CCC3)n1. The maximum Gasteiger partial charge on any atom is 0.262 e. The molecule has 2 aromatic rings. The van der Waals surface area contributed by atoms with Crippen LogP contribution in [0, 0.1) is 6.92 Å². The van der Waals surface area contributed by atoms with Crippen molar-refractivity contribution in [3.63, 3.8) is 0 Å². The summed E-state index contributed by atoms with van der Waals surface area (Å²) in [5.74, 6) is 0. The molecule has 0 fully saturated rings. The molecule has 2 aromatic heterocycles. The molecular weight excluding hydrogens is 246 g/mol. The van der Waals surface area contributed by atoms with Crippen molar-refractivity contribution in [1.82, 2.24) is 9.97 Å². The number of nitrogens with zero attached hydrogens (tertiary/aromatic N) is 2. The predicted molar refractivity (Wildman–Crippen MR) is 69.5 cm³/mol. The third-order valence-electron chi connectivity index (χ3n) is 3.09. The van der Waals surface area contributed by atoms with Gasteiger partial charge in [-0.15, -0.1) is 0 Å². The first kappa shape index (κ1) is 11.7. The Kier molecular flexibility index (Phi) is 3.09. The van der Waals surface area contributed by atoms with Gasteiger partial charge in [0.25, 0.3) is 5.22 Å². The Labute approximate surface area is 110 Å². The molecule has 0 radical (unpaired) electrons. The Morgan fingerprint density at radius 1 is 1.39 bits per heavy atom. The highest BCUT2D eigenvalue weighted by molar-refractivity contribution is 7.99. The number of fused-ring (bicyclic) bond motifs is 1. The number of hydrogen-bond acceptors (Lipinski definition) is 5. The number of pyridine rings is 1. The quantitative estimate of drug-likeness (QED) is 0.919. The molecule has 0 amide bonds. The summed E-state index contributed by atoms with van der Waals surface area (Å²) in [6.07, 6.45) is 5.03. The van der Waals surface area contributed by atoms with E-state index in [0.29, 0.717) is 11.8 Å². The standard InChI is InChI=1S/C13H15N3OS/c1-8-7-17-13(15-8)18-12-10(6-14)5-9-3-2-4-11(9)16-12/h5,7H,2-4,6,14H2,1H3. The molecule has 1 aliphatic carbocycles. The zero-order valence-corrected chi connectivity index (χ0v) is 11.1. The summed E-state index contributed by atoms with van der Waals surface area (Å²) < 4.78 is 5.36. The molecule has 5 heteroatoms. The van der Waals surface area contributed by atoms with Crippen LogP contribution in [0.4, 0.5) is 0 Å². The Bertz CT molecular complexity index is 580. The normalized spacial score (nSPS) is 13.9. The van der Waals surface area contributed by atoms with Gasteiger partial charge in [-0.2, -0.15) is 0 Å². The number of aromatic nitrogens is 2. The van der Waals surface area contributed by atoms with Gasteiger partial charge in [0.2, 0.25) is 0 Å². The molecule has 0 unspecified atom stereocenters. The fourth-order valence-corrected chi connectivity index (χ4v) is 3.08. The number of aryl methyl sites for hydroxylation is 3. The second-order valence-corrected chi connectivity index (χ2v) is 5.41. The summed E-state index contributed by atoms with van der Waals surface area (Å²) in [5.41, 5.74) is 10.3. The van der Waals surface area contributed by atoms with Crippen molar-refractivity contribution in [3.8, 4) is 0 Å². The van der Waals surface area contributed by atoms with E-state index in [1.807, 2.05) is 6.92 Å². The average molecular weight is 261 g/mol. The van der Waals surface area contributed by atoms with Crippen molar-refractivity contribution >= 4 is 11.8 Å². The van der Waals surface area contributed by atoms with Crippen molar-refractivity contribution in [2.75, 3.05) is 0 Å². The summed E-state index contributed by atoms with van der Waals surface area (Å²) >= 11 is 1.46. The maximum atomic E-state index is 5.80. The molecule has 0 spiro atoms. The largest absolute Gasteiger partial charge is 0.439 e. The summed E-state index contributed by atoms with van der Waals surface area (Å²) in [6, 6.07) is 2.19. The number of hydrogen-bond donors (Lipinski definition) is 1. The van der Waals surface area contributed by atoms with Crippen LogP contribution in [0.15, 0.2) is 27.0 Å². The molecule has 0 aromatic carbocycles. The first-order valence-electron chi connectivity index (χ1n) is 6.08. The minimum atomic E-state index is 0.502. The minimum absolute atomic E-state index is 0.502. The van der Waals surface area contributed by atoms with Gasteiger partial charge in [0.15, 0.2) is 0 Å². The Morgan fingerprint density at radius 3 is 3.00 bits per heavy atom. The highest BCUT2D eigenvalue weighted by Crippen LogP contribution is 2.31. The highest BCUT2D eigenvalue weighted by atomic mass is 32.2. The molecule has 94 valence electrons. The van der Waals surface area contributed by atoms with Gasteiger partial charge in [0.1, 0.15) is 11.3 Å². The lowest BCUT2D eigenvalue weighted by molar-refractivity contribution is 0.453. The minimum Gasteiger partial charge on any atom is -0.439 e. The summed E-state index contributed by atoms with van der Waals surface area (Å²) in [5, 5.41) is 1.56.